The molecular weight excluding hydrogens is 931 g/mol. The normalized spacial score (nSPS) is 19.4. The summed E-state index contributed by atoms with van der Waals surface area (Å²) in [6.07, 6.45) is 58.9. The predicted octanol–water partition coefficient (Wildman–Crippen LogP) is 14.0. The SMILES string of the molecule is C/C=C/CC/C=C/CC/C=C/C(O)C(COC1OC(CO)C(O)C(O)C1O)NC(=O)CCCCCCC/C=C\CCCCCCCCCCCOC(=O)CCCCCCCCCCC/C=C\C/C=C\CCCCC. The van der Waals surface area contributed by atoms with Crippen molar-refractivity contribution in [2.75, 3.05) is 19.8 Å². The molecule has 7 atom stereocenters. The predicted molar refractivity (Wildman–Crippen MR) is 306 cm³/mol. The Balaban J connectivity index is 2.02. The molecule has 0 bridgehead atoms. The Bertz CT molecular complexity index is 1460. The Kier molecular flexibility index (Phi) is 48.7. The van der Waals surface area contributed by atoms with Gasteiger partial charge in [0.1, 0.15) is 24.4 Å². The Hall–Kier alpha value is -2.90. The van der Waals surface area contributed by atoms with E-state index in [0.717, 1.165) is 96.3 Å². The lowest BCUT2D eigenvalue weighted by molar-refractivity contribution is -0.302. The minimum absolute atomic E-state index is 0.0189. The molecule has 0 saturated carbocycles. The summed E-state index contributed by atoms with van der Waals surface area (Å²) in [5, 5.41) is 54.1. The molecule has 11 nitrogen and oxygen atoms in total. The van der Waals surface area contributed by atoms with Crippen LogP contribution in [-0.4, -0.2) is 100 Å². The fourth-order valence-electron chi connectivity index (χ4n) is 9.03. The number of unbranched alkanes of at least 4 members (excludes halogenated alkanes) is 28. The third kappa shape index (κ3) is 41.3. The molecule has 0 aromatic rings. The summed E-state index contributed by atoms with van der Waals surface area (Å²) in [6.45, 7) is 4.03. The van der Waals surface area contributed by atoms with Crippen molar-refractivity contribution in [3.05, 3.63) is 72.9 Å². The third-order valence-corrected chi connectivity index (χ3v) is 13.8. The van der Waals surface area contributed by atoms with E-state index in [1.54, 1.807) is 6.08 Å². The summed E-state index contributed by atoms with van der Waals surface area (Å²) in [5.74, 6) is -0.234. The number of amides is 1. The summed E-state index contributed by atoms with van der Waals surface area (Å²) < 4.78 is 16.7. The largest absolute Gasteiger partial charge is 0.466 e. The van der Waals surface area contributed by atoms with Crippen molar-refractivity contribution in [1.82, 2.24) is 5.32 Å². The molecule has 11 heteroatoms. The molecule has 0 aliphatic carbocycles. The molecule has 0 spiro atoms. The van der Waals surface area contributed by atoms with Gasteiger partial charge in [0, 0.05) is 12.8 Å². The molecule has 0 aromatic carbocycles. The number of ether oxygens (including phenoxy) is 3. The first kappa shape index (κ1) is 69.1. The van der Waals surface area contributed by atoms with Crippen molar-refractivity contribution in [3.8, 4) is 0 Å². The highest BCUT2D eigenvalue weighted by atomic mass is 16.7. The minimum atomic E-state index is -1.59. The van der Waals surface area contributed by atoms with Crippen LogP contribution in [0, 0.1) is 0 Å². The number of aliphatic hydroxyl groups excluding tert-OH is 5. The van der Waals surface area contributed by atoms with Crippen LogP contribution in [0.25, 0.3) is 0 Å². The van der Waals surface area contributed by atoms with E-state index in [0.29, 0.717) is 25.9 Å². The Morgan fingerprint density at radius 1 is 0.527 bits per heavy atom. The van der Waals surface area contributed by atoms with Gasteiger partial charge in [0.2, 0.25) is 5.91 Å². The van der Waals surface area contributed by atoms with E-state index in [1.165, 1.54) is 122 Å². The fraction of sp³-hybridized carbons (Fsp3) is 0.778. The van der Waals surface area contributed by atoms with Crippen molar-refractivity contribution < 1.29 is 49.3 Å². The number of allylic oxidation sites excluding steroid dienone is 11. The number of hydrogen-bond acceptors (Lipinski definition) is 10. The van der Waals surface area contributed by atoms with Gasteiger partial charge >= 0.3 is 5.97 Å². The topological polar surface area (TPSA) is 175 Å². The second-order valence-electron chi connectivity index (χ2n) is 20.7. The average Bonchev–Trinajstić information content (AvgIpc) is 3.40. The van der Waals surface area contributed by atoms with Gasteiger partial charge in [-0.05, 0) is 110 Å². The number of aliphatic hydroxyl groups is 5. The van der Waals surface area contributed by atoms with Gasteiger partial charge in [0.15, 0.2) is 6.29 Å². The van der Waals surface area contributed by atoms with E-state index in [9.17, 15) is 35.1 Å². The molecule has 1 heterocycles. The molecule has 1 rings (SSSR count). The molecule has 428 valence electrons. The average molecular weight is 1040 g/mol. The first-order chi connectivity index (χ1) is 36.2. The van der Waals surface area contributed by atoms with Crippen LogP contribution in [0.3, 0.4) is 0 Å². The van der Waals surface area contributed by atoms with E-state index >= 15 is 0 Å². The fourth-order valence-corrected chi connectivity index (χ4v) is 9.03. The molecule has 74 heavy (non-hydrogen) atoms. The second-order valence-corrected chi connectivity index (χ2v) is 20.7. The van der Waals surface area contributed by atoms with Crippen LogP contribution in [0.1, 0.15) is 251 Å². The van der Waals surface area contributed by atoms with E-state index in [4.69, 9.17) is 14.2 Å². The van der Waals surface area contributed by atoms with Gasteiger partial charge in [-0.1, -0.05) is 202 Å². The number of esters is 1. The highest BCUT2D eigenvalue weighted by Crippen LogP contribution is 2.23. The minimum Gasteiger partial charge on any atom is -0.466 e. The maximum absolute atomic E-state index is 13.0. The van der Waals surface area contributed by atoms with Gasteiger partial charge in [-0.3, -0.25) is 9.59 Å². The standard InChI is InChI=1S/C63H111NO10/c1-3-5-7-9-11-13-14-15-16-17-18-22-25-28-31-35-39-43-47-51-59(68)72-52-48-44-40-36-32-29-26-23-20-19-21-24-27-30-34-38-42-46-50-58(67)64-55(56(66)49-45-41-37-33-12-10-8-6-4-2)54-73-63-62(71)61(70)60(69)57(53-65)74-63/h4,6,11-13,15-16,21,24,33,45,49,55-57,60-63,65-66,69-71H,3,5,7-10,14,17-20,22-23,25-32,34-44,46-48,50-54H2,1-2H3,(H,64,67)/b6-4+,13-11-,16-15-,24-21-,33-12+,49-45+. The first-order valence-electron chi connectivity index (χ1n) is 30.2. The quantitative estimate of drug-likeness (QED) is 0.0195. The molecule has 0 aromatic heterocycles. The zero-order valence-corrected chi connectivity index (χ0v) is 47.0. The molecular formula is C63H111NO10. The summed E-state index contributed by atoms with van der Waals surface area (Å²) in [6, 6.07) is -0.845. The molecule has 0 radical (unpaired) electrons. The highest BCUT2D eigenvalue weighted by molar-refractivity contribution is 5.76. The van der Waals surface area contributed by atoms with Gasteiger partial charge in [0.25, 0.3) is 0 Å². The molecule has 1 aliphatic heterocycles. The van der Waals surface area contributed by atoms with Crippen LogP contribution in [0.15, 0.2) is 72.9 Å². The second kappa shape index (κ2) is 52.2. The van der Waals surface area contributed by atoms with Crippen LogP contribution in [0.4, 0.5) is 0 Å². The van der Waals surface area contributed by atoms with Gasteiger partial charge in [-0.25, -0.2) is 0 Å². The molecule has 1 aliphatic rings. The van der Waals surface area contributed by atoms with E-state index in [-0.39, 0.29) is 18.5 Å². The van der Waals surface area contributed by atoms with Crippen LogP contribution >= 0.6 is 0 Å². The number of carbonyl (C=O) groups excluding carboxylic acids is 2. The summed E-state index contributed by atoms with van der Waals surface area (Å²) in [5.41, 5.74) is 0. The van der Waals surface area contributed by atoms with Gasteiger partial charge < -0.3 is 45.1 Å². The maximum atomic E-state index is 13.0. The summed E-state index contributed by atoms with van der Waals surface area (Å²) in [4.78, 5) is 25.1. The Labute approximate surface area is 451 Å². The third-order valence-electron chi connectivity index (χ3n) is 13.8. The summed E-state index contributed by atoms with van der Waals surface area (Å²) >= 11 is 0. The van der Waals surface area contributed by atoms with Crippen molar-refractivity contribution in [2.45, 2.75) is 294 Å². The molecule has 1 saturated heterocycles. The molecule has 1 amide bonds. The number of hydrogen-bond donors (Lipinski definition) is 6. The summed E-state index contributed by atoms with van der Waals surface area (Å²) in [7, 11) is 0. The zero-order chi connectivity index (χ0) is 53.8. The Morgan fingerprint density at radius 2 is 0.973 bits per heavy atom. The van der Waals surface area contributed by atoms with Crippen molar-refractivity contribution in [3.63, 3.8) is 0 Å². The van der Waals surface area contributed by atoms with E-state index in [2.05, 4.69) is 66.9 Å². The van der Waals surface area contributed by atoms with Crippen molar-refractivity contribution in [2.24, 2.45) is 0 Å². The highest BCUT2D eigenvalue weighted by Gasteiger charge is 2.44. The van der Waals surface area contributed by atoms with Gasteiger partial charge in [-0.2, -0.15) is 0 Å². The lowest BCUT2D eigenvalue weighted by atomic mass is 9.99. The van der Waals surface area contributed by atoms with Crippen LogP contribution in [0.5, 0.6) is 0 Å². The number of rotatable bonds is 51. The number of carbonyl (C=O) groups is 2. The van der Waals surface area contributed by atoms with Crippen LogP contribution < -0.4 is 5.32 Å². The Morgan fingerprint density at radius 3 is 1.50 bits per heavy atom. The van der Waals surface area contributed by atoms with Gasteiger partial charge in [0.05, 0.1) is 32.0 Å². The van der Waals surface area contributed by atoms with Crippen molar-refractivity contribution in [1.29, 1.82) is 0 Å². The molecule has 6 N–H and O–H groups in total. The molecule has 7 unspecified atom stereocenters. The van der Waals surface area contributed by atoms with Gasteiger partial charge in [-0.15, -0.1) is 0 Å². The van der Waals surface area contributed by atoms with E-state index in [1.807, 2.05) is 19.1 Å². The maximum Gasteiger partial charge on any atom is 0.305 e. The van der Waals surface area contributed by atoms with E-state index < -0.39 is 49.5 Å². The lowest BCUT2D eigenvalue weighted by Gasteiger charge is -2.40. The first-order valence-corrected chi connectivity index (χ1v) is 30.2. The zero-order valence-electron chi connectivity index (χ0n) is 47.0. The number of nitrogens with one attached hydrogen (secondary N) is 1. The van der Waals surface area contributed by atoms with Crippen molar-refractivity contribution >= 4 is 11.9 Å². The van der Waals surface area contributed by atoms with Crippen LogP contribution in [0.2, 0.25) is 0 Å². The molecule has 1 fully saturated rings. The monoisotopic (exact) mass is 1040 g/mol. The van der Waals surface area contributed by atoms with Crippen LogP contribution in [-0.2, 0) is 23.8 Å². The lowest BCUT2D eigenvalue weighted by Crippen LogP contribution is -2.60. The smallest absolute Gasteiger partial charge is 0.305 e.